The van der Waals surface area contributed by atoms with Crippen molar-refractivity contribution in [1.29, 1.82) is 0 Å². The fourth-order valence-electron chi connectivity index (χ4n) is 0.463. The Balaban J connectivity index is 4.18. The fourth-order valence-corrected chi connectivity index (χ4v) is 0.893. The van der Waals surface area contributed by atoms with Gasteiger partial charge in [0.1, 0.15) is 0 Å². The molecule has 6 heteroatoms. The minimum Gasteiger partial charge on any atom is -0.357 e. The van der Waals surface area contributed by atoms with Crippen molar-refractivity contribution in [3.8, 4) is 0 Å². The molecule has 1 unspecified atom stereocenters. The summed E-state index contributed by atoms with van der Waals surface area (Å²) in [5.41, 5.74) is 0. The zero-order valence-corrected chi connectivity index (χ0v) is 8.58. The van der Waals surface area contributed by atoms with Gasteiger partial charge in [0.05, 0.1) is 0 Å². The Morgan fingerprint density at radius 3 is 2.42 bits per heavy atom. The smallest absolute Gasteiger partial charge is 0.245 e. The molecule has 70 valence electrons. The van der Waals surface area contributed by atoms with E-state index in [-0.39, 0.29) is 0 Å². The number of amides is 1. The number of nitrogens with one attached hydrogen (secondary N) is 1. The van der Waals surface area contributed by atoms with E-state index in [9.17, 15) is 4.79 Å². The molecule has 0 aromatic heterocycles. The van der Waals surface area contributed by atoms with E-state index < -0.39 is 15.9 Å². The summed E-state index contributed by atoms with van der Waals surface area (Å²) in [5, 5.41) is 2.28. The molecule has 1 N–H and O–H groups in total. The molecule has 1 atom stereocenters. The Morgan fingerprint density at radius 2 is 2.17 bits per heavy atom. The normalized spacial score (nSPS) is 13.7. The monoisotopic (exact) mass is 231 g/mol. The molecule has 0 aromatic carbocycles. The molecular weight excluding hydrogens is 224 g/mol. The van der Waals surface area contributed by atoms with Crippen LogP contribution in [-0.2, 0) is 9.53 Å². The first-order valence-electron chi connectivity index (χ1n) is 2.94. The average molecular weight is 232 g/mol. The van der Waals surface area contributed by atoms with E-state index in [2.05, 4.69) is 11.9 Å². The largest absolute Gasteiger partial charge is 0.357 e. The molecule has 12 heavy (non-hydrogen) atoms. The molecule has 0 fully saturated rings. The molecule has 0 rings (SSSR count). The van der Waals surface area contributed by atoms with E-state index in [0.29, 0.717) is 0 Å². The van der Waals surface area contributed by atoms with Crippen molar-refractivity contribution in [3.63, 3.8) is 0 Å². The molecular formula is C6H8Cl3NO2. The van der Waals surface area contributed by atoms with Crippen molar-refractivity contribution >= 4 is 40.7 Å². The summed E-state index contributed by atoms with van der Waals surface area (Å²) in [7, 11) is 1.32. The number of rotatable bonds is 3. The van der Waals surface area contributed by atoms with Crippen LogP contribution < -0.4 is 5.32 Å². The average Bonchev–Trinajstić information content (AvgIpc) is 1.97. The number of carbonyl (C=O) groups excluding carboxylic acids is 1. The van der Waals surface area contributed by atoms with Crippen LogP contribution in [-0.4, -0.2) is 23.0 Å². The SMILES string of the molecule is C=CC(=O)NC(OC)C(Cl)(Cl)Cl. The highest BCUT2D eigenvalue weighted by atomic mass is 35.6. The third-order valence-electron chi connectivity index (χ3n) is 0.992. The molecule has 0 radical (unpaired) electrons. The Labute approximate surface area is 85.6 Å². The van der Waals surface area contributed by atoms with Gasteiger partial charge in [-0.3, -0.25) is 4.79 Å². The number of ether oxygens (including phenoxy) is 1. The second-order valence-corrected chi connectivity index (χ2v) is 4.24. The molecule has 0 saturated heterocycles. The van der Waals surface area contributed by atoms with Crippen LogP contribution in [0.4, 0.5) is 0 Å². The predicted octanol–water partition coefficient (Wildman–Crippen LogP) is 1.63. The van der Waals surface area contributed by atoms with E-state index in [1.807, 2.05) is 0 Å². The molecule has 1 amide bonds. The van der Waals surface area contributed by atoms with Gasteiger partial charge in [-0.05, 0) is 6.08 Å². The summed E-state index contributed by atoms with van der Waals surface area (Å²) < 4.78 is 3.02. The highest BCUT2D eigenvalue weighted by Gasteiger charge is 2.33. The van der Waals surface area contributed by atoms with Gasteiger partial charge >= 0.3 is 0 Å². The van der Waals surface area contributed by atoms with Crippen LogP contribution in [0, 0.1) is 0 Å². The van der Waals surface area contributed by atoms with E-state index in [1.165, 1.54) is 7.11 Å². The third kappa shape index (κ3) is 4.16. The molecule has 0 aliphatic rings. The van der Waals surface area contributed by atoms with Gasteiger partial charge in [0, 0.05) is 7.11 Å². The lowest BCUT2D eigenvalue weighted by molar-refractivity contribution is -0.119. The first-order valence-corrected chi connectivity index (χ1v) is 4.07. The van der Waals surface area contributed by atoms with Crippen molar-refractivity contribution in [2.45, 2.75) is 10.0 Å². The van der Waals surface area contributed by atoms with Gasteiger partial charge in [-0.15, -0.1) is 0 Å². The minimum absolute atomic E-state index is 0.465. The van der Waals surface area contributed by atoms with Crippen molar-refractivity contribution < 1.29 is 9.53 Å². The van der Waals surface area contributed by atoms with Crippen LogP contribution in [0.25, 0.3) is 0 Å². The van der Waals surface area contributed by atoms with Crippen LogP contribution >= 0.6 is 34.8 Å². The summed E-state index contributed by atoms with van der Waals surface area (Å²) in [6, 6.07) is 0. The topological polar surface area (TPSA) is 38.3 Å². The second kappa shape index (κ2) is 4.92. The van der Waals surface area contributed by atoms with Crippen LogP contribution in [0.1, 0.15) is 0 Å². The van der Waals surface area contributed by atoms with E-state index in [4.69, 9.17) is 39.5 Å². The Morgan fingerprint density at radius 1 is 1.67 bits per heavy atom. The molecule has 0 heterocycles. The lowest BCUT2D eigenvalue weighted by Gasteiger charge is -2.22. The van der Waals surface area contributed by atoms with E-state index in [0.717, 1.165) is 6.08 Å². The Kier molecular flexibility index (Phi) is 4.94. The maximum absolute atomic E-state index is 10.7. The summed E-state index contributed by atoms with van der Waals surface area (Å²) in [4.78, 5) is 10.7. The first kappa shape index (κ1) is 12.0. The van der Waals surface area contributed by atoms with Crippen LogP contribution in [0.15, 0.2) is 12.7 Å². The highest BCUT2D eigenvalue weighted by Crippen LogP contribution is 2.30. The zero-order valence-electron chi connectivity index (χ0n) is 6.31. The van der Waals surface area contributed by atoms with Crippen molar-refractivity contribution in [2.75, 3.05) is 7.11 Å². The minimum atomic E-state index is -1.69. The first-order chi connectivity index (χ1) is 5.41. The molecule has 0 bridgehead atoms. The quantitative estimate of drug-likeness (QED) is 0.456. The summed E-state index contributed by atoms with van der Waals surface area (Å²) in [5.74, 6) is -0.465. The standard InChI is InChI=1S/C6H8Cl3NO2/c1-3-4(11)10-5(12-2)6(7,8)9/h3,5H,1H2,2H3,(H,10,11). The van der Waals surface area contributed by atoms with Crippen LogP contribution in [0.2, 0.25) is 0 Å². The van der Waals surface area contributed by atoms with Gasteiger partial charge < -0.3 is 10.1 Å². The van der Waals surface area contributed by atoms with E-state index in [1.54, 1.807) is 0 Å². The summed E-state index contributed by atoms with van der Waals surface area (Å²) in [6.07, 6.45) is 0.0793. The van der Waals surface area contributed by atoms with Gasteiger partial charge in [0.25, 0.3) is 0 Å². The Hall–Kier alpha value is 0.0400. The number of methoxy groups -OCH3 is 1. The third-order valence-corrected chi connectivity index (χ3v) is 1.59. The van der Waals surface area contributed by atoms with Crippen LogP contribution in [0.5, 0.6) is 0 Å². The molecule has 3 nitrogen and oxygen atoms in total. The maximum Gasteiger partial charge on any atom is 0.245 e. The van der Waals surface area contributed by atoms with Gasteiger partial charge in [0.15, 0.2) is 6.23 Å². The van der Waals surface area contributed by atoms with Crippen molar-refractivity contribution in [2.24, 2.45) is 0 Å². The van der Waals surface area contributed by atoms with Gasteiger partial charge in [-0.25, -0.2) is 0 Å². The van der Waals surface area contributed by atoms with Gasteiger partial charge in [-0.2, -0.15) is 0 Å². The molecule has 0 spiro atoms. The van der Waals surface area contributed by atoms with E-state index >= 15 is 0 Å². The maximum atomic E-state index is 10.7. The fraction of sp³-hybridized carbons (Fsp3) is 0.500. The highest BCUT2D eigenvalue weighted by molar-refractivity contribution is 6.68. The molecule has 0 aromatic rings. The van der Waals surface area contributed by atoms with Crippen LogP contribution in [0.3, 0.4) is 0 Å². The Bertz CT molecular complexity index is 178. The number of carbonyl (C=O) groups is 1. The molecule has 0 aliphatic heterocycles. The van der Waals surface area contributed by atoms with Crippen molar-refractivity contribution in [1.82, 2.24) is 5.32 Å². The summed E-state index contributed by atoms with van der Waals surface area (Å²) >= 11 is 16.4. The molecule has 0 aliphatic carbocycles. The summed E-state index contributed by atoms with van der Waals surface area (Å²) in [6.45, 7) is 3.23. The second-order valence-electron chi connectivity index (χ2n) is 1.87. The van der Waals surface area contributed by atoms with Gasteiger partial charge in [0.2, 0.25) is 9.70 Å². The molecule has 0 saturated carbocycles. The number of alkyl halides is 3. The predicted molar refractivity (Wildman–Crippen MR) is 49.4 cm³/mol. The lowest BCUT2D eigenvalue weighted by atomic mass is 10.5. The zero-order chi connectivity index (χ0) is 9.78. The number of hydrogen-bond donors (Lipinski definition) is 1. The van der Waals surface area contributed by atoms with Crippen molar-refractivity contribution in [3.05, 3.63) is 12.7 Å². The lowest BCUT2D eigenvalue weighted by Crippen LogP contribution is -2.44. The number of hydrogen-bond acceptors (Lipinski definition) is 2. The number of halogens is 3. The van der Waals surface area contributed by atoms with Gasteiger partial charge in [-0.1, -0.05) is 41.4 Å².